The lowest BCUT2D eigenvalue weighted by Crippen LogP contribution is -2.49. The number of anilines is 1. The number of methoxy groups -OCH3 is 1. The van der Waals surface area contributed by atoms with Crippen LogP contribution in [0.4, 0.5) is 19.0 Å². The smallest absolute Gasteiger partial charge is 0.277 e. The zero-order chi connectivity index (χ0) is 27.7. The topological polar surface area (TPSA) is 165 Å². The fourth-order valence-electron chi connectivity index (χ4n) is 3.93. The number of hydrogen-bond acceptors (Lipinski definition) is 10. The third-order valence-corrected chi connectivity index (χ3v) is 8.03. The van der Waals surface area contributed by atoms with E-state index in [2.05, 4.69) is 30.6 Å². The number of aromatic nitrogens is 3. The Hall–Kier alpha value is -2.92. The molecule has 210 valence electrons. The summed E-state index contributed by atoms with van der Waals surface area (Å²) in [6, 6.07) is 0.115. The highest BCUT2D eigenvalue weighted by molar-refractivity contribution is 7.99. The van der Waals surface area contributed by atoms with Gasteiger partial charge < -0.3 is 15.4 Å². The van der Waals surface area contributed by atoms with Crippen molar-refractivity contribution in [1.29, 1.82) is 0 Å². The van der Waals surface area contributed by atoms with Crippen molar-refractivity contribution in [3.05, 3.63) is 18.0 Å². The van der Waals surface area contributed by atoms with Gasteiger partial charge >= 0.3 is 0 Å². The number of pyridine rings is 1. The summed E-state index contributed by atoms with van der Waals surface area (Å²) < 4.78 is 73.7. The van der Waals surface area contributed by atoms with E-state index in [0.717, 1.165) is 43.3 Å². The first kappa shape index (κ1) is 29.6. The van der Waals surface area contributed by atoms with E-state index in [4.69, 9.17) is 4.74 Å². The maximum absolute atomic E-state index is 13.3. The van der Waals surface area contributed by atoms with Crippen LogP contribution >= 0.6 is 11.8 Å². The Kier molecular flexibility index (Phi) is 10.7. The predicted octanol–water partition coefficient (Wildman–Crippen LogP) is 2.40. The van der Waals surface area contributed by atoms with E-state index >= 15 is 0 Å². The van der Waals surface area contributed by atoms with E-state index in [-0.39, 0.29) is 34.0 Å². The van der Waals surface area contributed by atoms with Gasteiger partial charge in [0, 0.05) is 11.8 Å². The number of carbonyl (C=O) groups is 2. The summed E-state index contributed by atoms with van der Waals surface area (Å²) in [5, 5.41) is 12.5. The maximum Gasteiger partial charge on any atom is 0.277 e. The molecule has 1 fully saturated rings. The van der Waals surface area contributed by atoms with Crippen molar-refractivity contribution in [2.75, 3.05) is 31.4 Å². The van der Waals surface area contributed by atoms with Gasteiger partial charge in [-0.05, 0) is 29.1 Å². The quantitative estimate of drug-likeness (QED) is 0.300. The number of thioether (sulfide) groups is 1. The van der Waals surface area contributed by atoms with Crippen molar-refractivity contribution >= 4 is 39.4 Å². The van der Waals surface area contributed by atoms with Crippen molar-refractivity contribution in [2.45, 2.75) is 54.5 Å². The number of amides is 2. The van der Waals surface area contributed by atoms with Gasteiger partial charge in [-0.1, -0.05) is 31.0 Å². The van der Waals surface area contributed by atoms with Crippen LogP contribution in [0.25, 0.3) is 0 Å². The molecule has 17 heteroatoms. The molecule has 0 aromatic carbocycles. The lowest BCUT2D eigenvalue weighted by molar-refractivity contribution is -0.119. The average Bonchev–Trinajstić information content (AvgIpc) is 3.38. The number of sulfonamides is 1. The number of ether oxygens (including phenoxy) is 1. The van der Waals surface area contributed by atoms with Crippen LogP contribution < -0.4 is 20.1 Å². The minimum atomic E-state index is -4.36. The van der Waals surface area contributed by atoms with Crippen molar-refractivity contribution in [3.63, 3.8) is 0 Å². The lowest BCUT2D eigenvalue weighted by atomic mass is 9.83. The molecular weight excluding hydrogens is 553 g/mol. The molecule has 0 bridgehead atoms. The van der Waals surface area contributed by atoms with E-state index in [1.165, 1.54) is 7.11 Å². The number of alkyl halides is 3. The van der Waals surface area contributed by atoms with Crippen LogP contribution in [0.2, 0.25) is 0 Å². The molecule has 0 saturated heterocycles. The van der Waals surface area contributed by atoms with Gasteiger partial charge in [-0.25, -0.2) is 31.5 Å². The van der Waals surface area contributed by atoms with Gasteiger partial charge in [0.15, 0.2) is 5.03 Å². The Morgan fingerprint density at radius 1 is 1.24 bits per heavy atom. The molecule has 2 heterocycles. The van der Waals surface area contributed by atoms with Gasteiger partial charge in [-0.3, -0.25) is 14.0 Å². The number of nitrogens with zero attached hydrogens (tertiary/aromatic N) is 3. The Labute approximate surface area is 220 Å². The summed E-state index contributed by atoms with van der Waals surface area (Å²) in [6.07, 6.45) is 2.01. The largest absolute Gasteiger partial charge is 0.495 e. The Balaban J connectivity index is 1.80. The van der Waals surface area contributed by atoms with Crippen LogP contribution in [0.3, 0.4) is 0 Å². The van der Waals surface area contributed by atoms with Gasteiger partial charge in [0.1, 0.15) is 22.5 Å². The summed E-state index contributed by atoms with van der Waals surface area (Å²) in [5.41, 5.74) is -0.178. The fourth-order valence-corrected chi connectivity index (χ4v) is 5.65. The molecule has 0 unspecified atom stereocenters. The van der Waals surface area contributed by atoms with Gasteiger partial charge in [0.05, 0.1) is 26.5 Å². The highest BCUT2D eigenvalue weighted by atomic mass is 32.2. The van der Waals surface area contributed by atoms with Crippen LogP contribution in [0.15, 0.2) is 26.8 Å². The van der Waals surface area contributed by atoms with Crippen LogP contribution in [0.5, 0.6) is 5.75 Å². The molecule has 3 N–H and O–H groups in total. The first-order chi connectivity index (χ1) is 18.2. The Morgan fingerprint density at radius 3 is 2.63 bits per heavy atom. The predicted molar refractivity (Wildman–Crippen MR) is 129 cm³/mol. The molecule has 0 radical (unpaired) electrons. The summed E-state index contributed by atoms with van der Waals surface area (Å²) in [6.45, 7) is -1.74. The van der Waals surface area contributed by atoms with Gasteiger partial charge in [0.25, 0.3) is 12.3 Å². The molecule has 2 aromatic rings. The second kappa shape index (κ2) is 13.7. The second-order valence-electron chi connectivity index (χ2n) is 8.26. The van der Waals surface area contributed by atoms with Gasteiger partial charge in [0.2, 0.25) is 21.6 Å². The molecule has 1 saturated carbocycles. The minimum Gasteiger partial charge on any atom is -0.495 e. The number of rotatable bonds is 13. The first-order valence-corrected chi connectivity index (χ1v) is 14.1. The molecule has 12 nitrogen and oxygen atoms in total. The molecule has 1 atom stereocenters. The molecule has 38 heavy (non-hydrogen) atoms. The van der Waals surface area contributed by atoms with E-state index in [1.54, 1.807) is 4.72 Å². The molecule has 0 spiro atoms. The van der Waals surface area contributed by atoms with Gasteiger partial charge in [-0.2, -0.15) is 0 Å². The highest BCUT2D eigenvalue weighted by Crippen LogP contribution is 2.29. The van der Waals surface area contributed by atoms with Crippen LogP contribution in [0, 0.1) is 5.92 Å². The molecule has 0 aliphatic heterocycles. The second-order valence-corrected chi connectivity index (χ2v) is 11.1. The lowest BCUT2D eigenvalue weighted by Gasteiger charge is -2.29. The van der Waals surface area contributed by atoms with Gasteiger partial charge in [-0.15, -0.1) is 0 Å². The monoisotopic (exact) mass is 580 g/mol. The highest BCUT2D eigenvalue weighted by Gasteiger charge is 2.33. The fraction of sp³-hybridized carbons (Fsp3) is 0.571. The van der Waals surface area contributed by atoms with Crippen LogP contribution in [-0.2, 0) is 14.8 Å². The maximum atomic E-state index is 13.3. The number of carbonyl (C=O) groups excluding carboxylic acids is 2. The minimum absolute atomic E-state index is 0.0396. The van der Waals surface area contributed by atoms with E-state index < -0.39 is 52.4 Å². The summed E-state index contributed by atoms with van der Waals surface area (Å²) in [7, 11) is -3.19. The van der Waals surface area contributed by atoms with E-state index in [9.17, 15) is 31.2 Å². The molecule has 2 amide bonds. The third kappa shape index (κ3) is 7.80. The Bertz CT molecular complexity index is 1210. The standard InChI is InChI=1S/C21H27F3N6O6S2/c1-35-13-9-16(25-10-14(13)38(33,34)26-11-15(23)24)27-19(31)17(12-5-3-2-4-6-12)28-20(32)18-21(30-36-29-18)37-8-7-22/h9-10,12,15,17,26H,2-8,11H2,1H3,(H,28,32)(H,25,27,31)/t17-/m0/s1. The van der Waals surface area contributed by atoms with Crippen LogP contribution in [0.1, 0.15) is 42.6 Å². The van der Waals surface area contributed by atoms with Crippen LogP contribution in [-0.4, -0.2) is 74.1 Å². The van der Waals surface area contributed by atoms with E-state index in [0.29, 0.717) is 12.8 Å². The zero-order valence-corrected chi connectivity index (χ0v) is 21.9. The number of hydrogen-bond donors (Lipinski definition) is 3. The van der Waals surface area contributed by atoms with Crippen molar-refractivity contribution in [1.82, 2.24) is 25.3 Å². The van der Waals surface area contributed by atoms with Crippen molar-refractivity contribution < 1.29 is 40.5 Å². The third-order valence-electron chi connectivity index (χ3n) is 5.70. The zero-order valence-electron chi connectivity index (χ0n) is 20.3. The number of nitrogens with one attached hydrogen (secondary N) is 3. The average molecular weight is 581 g/mol. The summed E-state index contributed by atoms with van der Waals surface area (Å²) in [4.78, 5) is 29.7. The molecule has 3 rings (SSSR count). The molecular formula is C21H27F3N6O6S2. The van der Waals surface area contributed by atoms with E-state index in [1.807, 2.05) is 0 Å². The normalized spacial score (nSPS) is 15.3. The molecule has 1 aliphatic rings. The Morgan fingerprint density at radius 2 is 1.97 bits per heavy atom. The summed E-state index contributed by atoms with van der Waals surface area (Å²) in [5.74, 6) is -1.85. The summed E-state index contributed by atoms with van der Waals surface area (Å²) >= 11 is 0.945. The van der Waals surface area contributed by atoms with Crippen molar-refractivity contribution in [2.24, 2.45) is 5.92 Å². The number of halogens is 3. The molecule has 2 aromatic heterocycles. The SMILES string of the molecule is COc1cc(NC(=O)[C@@H](NC(=O)c2nonc2SCCF)C2CCCCC2)ncc1S(=O)(=O)NCC(F)F. The first-order valence-electron chi connectivity index (χ1n) is 11.6. The molecule has 1 aliphatic carbocycles. The van der Waals surface area contributed by atoms with Crippen molar-refractivity contribution in [3.8, 4) is 5.75 Å².